The Balaban J connectivity index is 1.69. The normalized spacial score (nSPS) is 12.3. The zero-order valence-corrected chi connectivity index (χ0v) is 23.5. The molecule has 4 rings (SSSR count). The number of likely N-dealkylation sites (N-methyl/N-ethyl adjacent to an activating group) is 1. The molecule has 0 aliphatic rings. The average molecular weight is 542 g/mol. The van der Waals surface area contributed by atoms with Crippen molar-refractivity contribution in [3.05, 3.63) is 131 Å². The van der Waals surface area contributed by atoms with Crippen molar-refractivity contribution in [1.29, 1.82) is 0 Å². The fourth-order valence-electron chi connectivity index (χ4n) is 4.26. The third-order valence-electron chi connectivity index (χ3n) is 6.34. The third kappa shape index (κ3) is 7.90. The first kappa shape index (κ1) is 28.3. The molecule has 6 heteroatoms. The lowest BCUT2D eigenvalue weighted by molar-refractivity contribution is 0.261. The average Bonchev–Trinajstić information content (AvgIpc) is 2.94. The third-order valence-corrected chi connectivity index (χ3v) is 7.66. The summed E-state index contributed by atoms with van der Waals surface area (Å²) < 4.78 is 37.2. The van der Waals surface area contributed by atoms with Gasteiger partial charge in [0.15, 0.2) is 0 Å². The van der Waals surface area contributed by atoms with E-state index < -0.39 is 10.1 Å². The monoisotopic (exact) mass is 541 g/mol. The van der Waals surface area contributed by atoms with Crippen LogP contribution in [0.4, 0.5) is 0 Å². The molecule has 0 heterocycles. The summed E-state index contributed by atoms with van der Waals surface area (Å²) in [4.78, 5) is 2.24. The van der Waals surface area contributed by atoms with Crippen LogP contribution in [0.3, 0.4) is 0 Å². The molecule has 4 aromatic rings. The summed E-state index contributed by atoms with van der Waals surface area (Å²) in [5.74, 6) is 0.807. The summed E-state index contributed by atoms with van der Waals surface area (Å²) in [6.45, 7) is 3.38. The minimum Gasteiger partial charge on any atom is -0.492 e. The minimum atomic E-state index is -3.87. The van der Waals surface area contributed by atoms with Crippen LogP contribution in [-0.4, -0.2) is 47.2 Å². The van der Waals surface area contributed by atoms with Crippen LogP contribution in [0, 0.1) is 6.92 Å². The van der Waals surface area contributed by atoms with Crippen molar-refractivity contribution >= 4 is 21.3 Å². The van der Waals surface area contributed by atoms with Gasteiger partial charge in [0.1, 0.15) is 12.4 Å². The van der Waals surface area contributed by atoms with E-state index in [1.165, 1.54) is 0 Å². The highest BCUT2D eigenvalue weighted by Gasteiger charge is 2.18. The van der Waals surface area contributed by atoms with Crippen LogP contribution in [0.15, 0.2) is 114 Å². The van der Waals surface area contributed by atoms with Crippen LogP contribution >= 0.6 is 0 Å². The molecule has 0 unspecified atom stereocenters. The molecule has 0 fully saturated rings. The molecule has 5 nitrogen and oxygen atoms in total. The number of benzene rings is 4. The standard InChI is InChI=1S/C33H35NO4S/c1-26-14-20-31(21-15-26)39(35,36)38-24-22-32(27-10-6-4-7-11-27)33(28-12-8-5-9-13-28)29-16-18-30(19-17-29)37-25-23-34(2)3/h4-21H,22-25H2,1-3H3/b33-32+. The highest BCUT2D eigenvalue weighted by molar-refractivity contribution is 7.86. The molecule has 0 radical (unpaired) electrons. The van der Waals surface area contributed by atoms with Gasteiger partial charge in [-0.2, -0.15) is 8.42 Å². The maximum atomic E-state index is 12.9. The van der Waals surface area contributed by atoms with Crippen molar-refractivity contribution in [1.82, 2.24) is 4.90 Å². The van der Waals surface area contributed by atoms with Crippen molar-refractivity contribution in [2.75, 3.05) is 33.9 Å². The van der Waals surface area contributed by atoms with Crippen LogP contribution in [0.25, 0.3) is 11.1 Å². The van der Waals surface area contributed by atoms with Gasteiger partial charge in [-0.05, 0) is 79.5 Å². The number of hydrogen-bond acceptors (Lipinski definition) is 5. The molecule has 4 aromatic carbocycles. The maximum absolute atomic E-state index is 12.9. The Morgan fingerprint density at radius 1 is 0.692 bits per heavy atom. The number of nitrogens with zero attached hydrogens (tertiary/aromatic N) is 1. The van der Waals surface area contributed by atoms with E-state index >= 15 is 0 Å². The molecule has 0 saturated carbocycles. The zero-order valence-electron chi connectivity index (χ0n) is 22.7. The van der Waals surface area contributed by atoms with Crippen molar-refractivity contribution in [2.45, 2.75) is 18.2 Å². The fourth-order valence-corrected chi connectivity index (χ4v) is 5.17. The van der Waals surface area contributed by atoms with Gasteiger partial charge < -0.3 is 9.64 Å². The first-order valence-electron chi connectivity index (χ1n) is 13.0. The van der Waals surface area contributed by atoms with Gasteiger partial charge in [-0.1, -0.05) is 90.5 Å². The Morgan fingerprint density at radius 2 is 1.26 bits per heavy atom. The van der Waals surface area contributed by atoms with E-state index in [4.69, 9.17) is 8.92 Å². The van der Waals surface area contributed by atoms with Gasteiger partial charge in [-0.25, -0.2) is 0 Å². The SMILES string of the molecule is Cc1ccc(S(=O)(=O)OCC/C(=C(/c2ccccc2)c2ccc(OCCN(C)C)cc2)c2ccccc2)cc1. The van der Waals surface area contributed by atoms with E-state index in [2.05, 4.69) is 29.2 Å². The molecule has 39 heavy (non-hydrogen) atoms. The second kappa shape index (κ2) is 13.4. The fraction of sp³-hybridized carbons (Fsp3) is 0.212. The second-order valence-corrected chi connectivity index (χ2v) is 11.2. The van der Waals surface area contributed by atoms with Crippen molar-refractivity contribution in [3.63, 3.8) is 0 Å². The lowest BCUT2D eigenvalue weighted by Crippen LogP contribution is -2.19. The summed E-state index contributed by atoms with van der Waals surface area (Å²) in [6, 6.07) is 35.0. The van der Waals surface area contributed by atoms with Gasteiger partial charge >= 0.3 is 0 Å². The van der Waals surface area contributed by atoms with Crippen molar-refractivity contribution < 1.29 is 17.3 Å². The smallest absolute Gasteiger partial charge is 0.296 e. The van der Waals surface area contributed by atoms with Gasteiger partial charge in [0.25, 0.3) is 10.1 Å². The van der Waals surface area contributed by atoms with Gasteiger partial charge in [0.2, 0.25) is 0 Å². The Morgan fingerprint density at radius 3 is 1.85 bits per heavy atom. The number of rotatable bonds is 12. The molecule has 0 bridgehead atoms. The van der Waals surface area contributed by atoms with Gasteiger partial charge in [-0.15, -0.1) is 0 Å². The summed E-state index contributed by atoms with van der Waals surface area (Å²) in [7, 11) is 0.163. The molecule has 202 valence electrons. The van der Waals surface area contributed by atoms with Crippen LogP contribution < -0.4 is 4.74 Å². The predicted molar refractivity (Wildman–Crippen MR) is 158 cm³/mol. The first-order chi connectivity index (χ1) is 18.8. The van der Waals surface area contributed by atoms with E-state index in [1.54, 1.807) is 24.3 Å². The summed E-state index contributed by atoms with van der Waals surface area (Å²) in [6.07, 6.45) is 0.403. The highest BCUT2D eigenvalue weighted by atomic mass is 32.2. The quantitative estimate of drug-likeness (QED) is 0.148. The number of aryl methyl sites for hydroxylation is 1. The van der Waals surface area contributed by atoms with Crippen LogP contribution in [0.5, 0.6) is 5.75 Å². The highest BCUT2D eigenvalue weighted by Crippen LogP contribution is 2.35. The lowest BCUT2D eigenvalue weighted by atomic mass is 9.88. The van der Waals surface area contributed by atoms with Gasteiger partial charge in [-0.3, -0.25) is 4.18 Å². The van der Waals surface area contributed by atoms with Crippen LogP contribution in [-0.2, 0) is 14.3 Å². The largest absolute Gasteiger partial charge is 0.492 e. The summed E-state index contributed by atoms with van der Waals surface area (Å²) in [5, 5.41) is 0. The summed E-state index contributed by atoms with van der Waals surface area (Å²) >= 11 is 0. The maximum Gasteiger partial charge on any atom is 0.296 e. The molecule has 0 N–H and O–H groups in total. The molecular weight excluding hydrogens is 506 g/mol. The molecule has 0 atom stereocenters. The van der Waals surface area contributed by atoms with E-state index in [-0.39, 0.29) is 11.5 Å². The Bertz CT molecular complexity index is 1460. The number of ether oxygens (including phenoxy) is 1. The zero-order chi connectivity index (χ0) is 27.7. The molecule has 0 spiro atoms. The Kier molecular flexibility index (Phi) is 9.71. The van der Waals surface area contributed by atoms with E-state index in [1.807, 2.05) is 81.7 Å². The molecule has 0 amide bonds. The van der Waals surface area contributed by atoms with E-state index in [0.717, 1.165) is 45.7 Å². The van der Waals surface area contributed by atoms with Crippen LogP contribution in [0.2, 0.25) is 0 Å². The predicted octanol–water partition coefficient (Wildman–Crippen LogP) is 6.69. The van der Waals surface area contributed by atoms with Crippen molar-refractivity contribution in [3.8, 4) is 5.75 Å². The summed E-state index contributed by atoms with van der Waals surface area (Å²) in [5.41, 5.74) is 6.09. The minimum absolute atomic E-state index is 0.0164. The topological polar surface area (TPSA) is 55.8 Å². The Labute approximate surface area is 232 Å². The van der Waals surface area contributed by atoms with Gasteiger partial charge in [0.05, 0.1) is 11.5 Å². The van der Waals surface area contributed by atoms with E-state index in [9.17, 15) is 8.42 Å². The number of hydrogen-bond donors (Lipinski definition) is 0. The molecular formula is C33H35NO4S. The first-order valence-corrected chi connectivity index (χ1v) is 14.4. The lowest BCUT2D eigenvalue weighted by Gasteiger charge is -2.18. The second-order valence-electron chi connectivity index (χ2n) is 9.60. The van der Waals surface area contributed by atoms with Gasteiger partial charge in [0, 0.05) is 6.54 Å². The molecule has 0 aromatic heterocycles. The van der Waals surface area contributed by atoms with Crippen LogP contribution in [0.1, 0.15) is 28.7 Å². The molecule has 0 saturated heterocycles. The van der Waals surface area contributed by atoms with Crippen molar-refractivity contribution in [2.24, 2.45) is 0 Å². The van der Waals surface area contributed by atoms with E-state index in [0.29, 0.717) is 13.0 Å². The molecule has 0 aliphatic carbocycles. The molecule has 0 aliphatic heterocycles. The Hall–Kier alpha value is -3.71.